The lowest BCUT2D eigenvalue weighted by Gasteiger charge is -2.56. The first-order valence-electron chi connectivity index (χ1n) is 17.8. The Morgan fingerprint density at radius 1 is 1.00 bits per heavy atom. The van der Waals surface area contributed by atoms with Crippen molar-refractivity contribution >= 4 is 23.6 Å². The van der Waals surface area contributed by atoms with E-state index >= 15 is 0 Å². The van der Waals surface area contributed by atoms with Gasteiger partial charge in [-0.15, -0.1) is 11.8 Å². The summed E-state index contributed by atoms with van der Waals surface area (Å²) in [7, 11) is 3.03. The summed E-state index contributed by atoms with van der Waals surface area (Å²) in [5.74, 6) is 1.55. The molecule has 14 nitrogen and oxygen atoms in total. The molecule has 2 bridgehead atoms. The van der Waals surface area contributed by atoms with E-state index in [0.717, 1.165) is 27.8 Å². The third-order valence-electron chi connectivity index (χ3n) is 12.4. The largest absolute Gasteiger partial charge is 0.504 e. The first-order chi connectivity index (χ1) is 25.5. The second-order valence-corrected chi connectivity index (χ2v) is 16.0. The molecule has 1 spiro atoms. The van der Waals surface area contributed by atoms with Crippen LogP contribution >= 0.6 is 11.8 Å². The van der Waals surface area contributed by atoms with Crippen LogP contribution in [0.15, 0.2) is 18.2 Å². The Balaban J connectivity index is 1.23. The molecule has 8 aliphatic heterocycles. The van der Waals surface area contributed by atoms with Crippen molar-refractivity contribution in [3.05, 3.63) is 62.7 Å². The number of aryl methyl sites for hydroxylation is 1. The predicted molar refractivity (Wildman–Crippen MR) is 190 cm³/mol. The molecule has 1 amide bonds. The number of fused-ring (bicyclic) bond motifs is 9. The third-order valence-corrected chi connectivity index (χ3v) is 13.9. The zero-order valence-corrected chi connectivity index (χ0v) is 30.6. The fourth-order valence-corrected chi connectivity index (χ4v) is 12.1. The van der Waals surface area contributed by atoms with Gasteiger partial charge in [-0.05, 0) is 54.7 Å². The van der Waals surface area contributed by atoms with Gasteiger partial charge in [0.05, 0.1) is 43.6 Å². The van der Waals surface area contributed by atoms with Crippen LogP contribution in [0, 0.1) is 13.8 Å². The highest BCUT2D eigenvalue weighted by Crippen LogP contribution is 2.72. The molecule has 278 valence electrons. The number of hydrogen-bond donors (Lipinski definition) is 5. The fraction of sp³-hybridized carbons (Fsp3) is 0.474. The van der Waals surface area contributed by atoms with Gasteiger partial charge in [0.2, 0.25) is 12.7 Å². The second-order valence-electron chi connectivity index (χ2n) is 14.9. The van der Waals surface area contributed by atoms with Crippen LogP contribution in [0.5, 0.6) is 40.2 Å². The van der Waals surface area contributed by atoms with Crippen molar-refractivity contribution in [2.24, 2.45) is 0 Å². The van der Waals surface area contributed by atoms with E-state index in [0.29, 0.717) is 52.7 Å². The minimum Gasteiger partial charge on any atom is -0.504 e. The van der Waals surface area contributed by atoms with Gasteiger partial charge in [0.1, 0.15) is 17.5 Å². The minimum absolute atomic E-state index is 0.00147. The number of piperazine rings is 1. The topological polar surface area (TPSA) is 171 Å². The Kier molecular flexibility index (Phi) is 7.08. The normalized spacial score (nSPS) is 32.5. The number of amides is 1. The molecular formula is C38H40N4O10S. The molecule has 53 heavy (non-hydrogen) atoms. The molecule has 3 fully saturated rings. The summed E-state index contributed by atoms with van der Waals surface area (Å²) in [6.45, 7) is 5.65. The van der Waals surface area contributed by atoms with Gasteiger partial charge in [-0.1, -0.05) is 6.07 Å². The monoisotopic (exact) mass is 744 g/mol. The zero-order chi connectivity index (χ0) is 36.8. The Hall–Kier alpha value is -4.41. The number of phenolic OH excluding ortho intramolecular Hbond substituents is 2. The van der Waals surface area contributed by atoms with Crippen LogP contribution in [0.3, 0.4) is 0 Å². The van der Waals surface area contributed by atoms with Crippen molar-refractivity contribution in [1.82, 2.24) is 20.4 Å². The smallest absolute Gasteiger partial charge is 0.308 e. The van der Waals surface area contributed by atoms with Gasteiger partial charge in [0.15, 0.2) is 34.5 Å². The Bertz CT molecular complexity index is 2160. The quantitative estimate of drug-likeness (QED) is 0.151. The molecule has 0 aliphatic carbocycles. The van der Waals surface area contributed by atoms with E-state index in [-0.39, 0.29) is 60.4 Å². The van der Waals surface area contributed by atoms with Crippen molar-refractivity contribution in [2.75, 3.05) is 39.9 Å². The highest BCUT2D eigenvalue weighted by molar-refractivity contribution is 7.99. The molecule has 15 heteroatoms. The molecule has 8 heterocycles. The fourth-order valence-electron chi connectivity index (χ4n) is 10.4. The molecule has 0 radical (unpaired) electrons. The molecule has 11 rings (SSSR count). The van der Waals surface area contributed by atoms with E-state index in [1.807, 2.05) is 13.8 Å². The lowest BCUT2D eigenvalue weighted by Crippen LogP contribution is -2.65. The standard InChI is InChI=1S/C38H40N4O10S/c1-14-8-18-23(30(45)31(14)49-5)27-28-35-25-24(34-33(50-13-51-34)15(2)32(25)52-16(3)43)20(41(28)36(46)29-26(18)42(27)29)11-39-37(47)38(12-53-35)19-10-22(48-4)21(44)9-17(19)6-7-40-38/h8-10,20,26-29,35-36,40,44-46H,6-7,11-13H2,1-5H3,(H,39,47)/t20-,26?,27?,28?,29?,35+,36-,38+,42?/m0/s1. The molecule has 3 saturated heterocycles. The van der Waals surface area contributed by atoms with E-state index in [2.05, 4.69) is 26.5 Å². The number of benzene rings is 3. The molecule has 5 unspecified atom stereocenters. The molecule has 0 aromatic heterocycles. The number of aliphatic hydroxyl groups excluding tert-OH is 1. The number of nitrogens with one attached hydrogen (secondary N) is 2. The lowest BCUT2D eigenvalue weighted by molar-refractivity contribution is -0.132. The van der Waals surface area contributed by atoms with Gasteiger partial charge in [-0.2, -0.15) is 0 Å². The number of carbonyl (C=O) groups is 2. The number of ether oxygens (including phenoxy) is 5. The van der Waals surface area contributed by atoms with Gasteiger partial charge in [-0.3, -0.25) is 24.7 Å². The number of aromatic hydroxyl groups is 2. The Morgan fingerprint density at radius 2 is 1.79 bits per heavy atom. The van der Waals surface area contributed by atoms with E-state index in [9.17, 15) is 24.9 Å². The summed E-state index contributed by atoms with van der Waals surface area (Å²) in [5.41, 5.74) is 4.89. The van der Waals surface area contributed by atoms with Crippen molar-refractivity contribution in [1.29, 1.82) is 0 Å². The van der Waals surface area contributed by atoms with Crippen LogP contribution in [0.25, 0.3) is 0 Å². The lowest BCUT2D eigenvalue weighted by atomic mass is 9.77. The van der Waals surface area contributed by atoms with Crippen molar-refractivity contribution in [2.45, 2.75) is 74.4 Å². The number of hydrogen-bond acceptors (Lipinski definition) is 14. The number of nitrogens with zero attached hydrogens (tertiary/aromatic N) is 2. The van der Waals surface area contributed by atoms with Gasteiger partial charge in [0, 0.05) is 54.1 Å². The van der Waals surface area contributed by atoms with Crippen LogP contribution in [0.4, 0.5) is 0 Å². The van der Waals surface area contributed by atoms with Crippen LogP contribution in [-0.4, -0.2) is 95.2 Å². The summed E-state index contributed by atoms with van der Waals surface area (Å²) in [6, 6.07) is 3.59. The van der Waals surface area contributed by atoms with Crippen molar-refractivity contribution in [3.63, 3.8) is 0 Å². The molecule has 3 aromatic rings. The molecule has 5 N–H and O–H groups in total. The van der Waals surface area contributed by atoms with E-state index < -0.39 is 35.1 Å². The van der Waals surface area contributed by atoms with E-state index in [1.54, 1.807) is 19.2 Å². The van der Waals surface area contributed by atoms with Gasteiger partial charge in [0.25, 0.3) is 0 Å². The average Bonchev–Trinajstić information content (AvgIpc) is 3.50. The SMILES string of the molecule is COc1cc2c(cc1O)CCN[C@]21CS[C@@H]2c3c(OC(C)=O)c(C)c4c(c3[C@H](CNC1=O)N1C2C2c3c(cc(C)c(OC)c3O)C3C([C@@H]1O)N32)OCO4. The van der Waals surface area contributed by atoms with Crippen molar-refractivity contribution < 1.29 is 48.6 Å². The Morgan fingerprint density at radius 3 is 2.55 bits per heavy atom. The maximum atomic E-state index is 14.7. The summed E-state index contributed by atoms with van der Waals surface area (Å²) in [5, 5.41) is 41.4. The number of phenols is 2. The molecule has 3 aromatic carbocycles. The predicted octanol–water partition coefficient (Wildman–Crippen LogP) is 2.87. The van der Waals surface area contributed by atoms with Gasteiger partial charge < -0.3 is 44.3 Å². The van der Waals surface area contributed by atoms with E-state index in [4.69, 9.17) is 23.7 Å². The van der Waals surface area contributed by atoms with E-state index in [1.165, 1.54) is 25.8 Å². The van der Waals surface area contributed by atoms with Crippen LogP contribution in [0.1, 0.15) is 74.8 Å². The number of esters is 1. The number of methoxy groups -OCH3 is 2. The van der Waals surface area contributed by atoms with Gasteiger partial charge in [-0.25, -0.2) is 0 Å². The summed E-state index contributed by atoms with van der Waals surface area (Å²) in [4.78, 5) is 32.0. The second kappa shape index (κ2) is 11.3. The number of aliphatic hydroxyl groups is 1. The molecule has 9 atom stereocenters. The summed E-state index contributed by atoms with van der Waals surface area (Å²) in [6.07, 6.45) is -0.344. The third kappa shape index (κ3) is 4.19. The summed E-state index contributed by atoms with van der Waals surface area (Å²) >= 11 is 1.52. The number of carbonyl (C=O) groups excluding carboxylic acids is 2. The minimum atomic E-state index is -1.23. The van der Waals surface area contributed by atoms with Crippen LogP contribution < -0.4 is 34.3 Å². The summed E-state index contributed by atoms with van der Waals surface area (Å²) < 4.78 is 29.5. The highest BCUT2D eigenvalue weighted by Gasteiger charge is 2.72. The number of thioether (sulfide) groups is 1. The highest BCUT2D eigenvalue weighted by atomic mass is 32.2. The number of rotatable bonds is 3. The molecule has 8 aliphatic rings. The molecule has 0 saturated carbocycles. The Labute approximate surface area is 309 Å². The first kappa shape index (κ1) is 33.2. The maximum absolute atomic E-state index is 14.7. The van der Waals surface area contributed by atoms with Crippen LogP contribution in [0.2, 0.25) is 0 Å². The maximum Gasteiger partial charge on any atom is 0.308 e. The van der Waals surface area contributed by atoms with Crippen molar-refractivity contribution in [3.8, 4) is 40.2 Å². The first-order valence-corrected chi connectivity index (χ1v) is 18.9. The zero-order valence-electron chi connectivity index (χ0n) is 29.8. The average molecular weight is 745 g/mol. The van der Waals surface area contributed by atoms with Crippen LogP contribution in [-0.2, 0) is 21.5 Å². The van der Waals surface area contributed by atoms with Gasteiger partial charge >= 0.3 is 5.97 Å². The molecular weight excluding hydrogens is 705 g/mol.